The standard InChI is InChI=1S/C18H31N3O2/c1-15(2)8-10-19-18(20-11-9-16-7-5-13-22-16)21-14-17-6-3-4-12-23-17/h5,7,13,15,17H,3-4,6,8-12,14H2,1-2H3,(H2,19,20,21). The van der Waals surface area contributed by atoms with Crippen LogP contribution in [0.25, 0.3) is 0 Å². The van der Waals surface area contributed by atoms with Crippen molar-refractivity contribution in [2.24, 2.45) is 10.9 Å². The van der Waals surface area contributed by atoms with Gasteiger partial charge in [-0.1, -0.05) is 13.8 Å². The highest BCUT2D eigenvalue weighted by Crippen LogP contribution is 2.12. The Hall–Kier alpha value is -1.49. The Labute approximate surface area is 139 Å². The molecule has 23 heavy (non-hydrogen) atoms. The Morgan fingerprint density at radius 3 is 2.87 bits per heavy atom. The molecule has 1 saturated heterocycles. The van der Waals surface area contributed by atoms with E-state index in [1.165, 1.54) is 12.8 Å². The van der Waals surface area contributed by atoms with Gasteiger partial charge < -0.3 is 19.8 Å². The summed E-state index contributed by atoms with van der Waals surface area (Å²) in [5.41, 5.74) is 0. The third kappa shape index (κ3) is 7.55. The average molecular weight is 321 g/mol. The number of nitrogens with one attached hydrogen (secondary N) is 2. The van der Waals surface area contributed by atoms with Gasteiger partial charge in [-0.25, -0.2) is 0 Å². The first-order valence-electron chi connectivity index (χ1n) is 8.90. The Morgan fingerprint density at radius 2 is 2.17 bits per heavy atom. The van der Waals surface area contributed by atoms with Gasteiger partial charge in [-0.05, 0) is 43.7 Å². The van der Waals surface area contributed by atoms with E-state index >= 15 is 0 Å². The summed E-state index contributed by atoms with van der Waals surface area (Å²) in [5.74, 6) is 2.56. The van der Waals surface area contributed by atoms with Gasteiger partial charge >= 0.3 is 0 Å². The molecule has 2 rings (SSSR count). The molecular formula is C18H31N3O2. The molecule has 2 heterocycles. The van der Waals surface area contributed by atoms with Crippen molar-refractivity contribution >= 4 is 5.96 Å². The van der Waals surface area contributed by atoms with Crippen molar-refractivity contribution in [2.45, 2.75) is 52.1 Å². The summed E-state index contributed by atoms with van der Waals surface area (Å²) >= 11 is 0. The van der Waals surface area contributed by atoms with Gasteiger partial charge in [0, 0.05) is 26.1 Å². The maximum atomic E-state index is 5.76. The highest BCUT2D eigenvalue weighted by Gasteiger charge is 2.13. The number of guanidine groups is 1. The van der Waals surface area contributed by atoms with Crippen LogP contribution in [0.1, 0.15) is 45.3 Å². The number of hydrogen-bond donors (Lipinski definition) is 2. The third-order valence-electron chi connectivity index (χ3n) is 3.99. The predicted molar refractivity (Wildman–Crippen MR) is 93.8 cm³/mol. The lowest BCUT2D eigenvalue weighted by atomic mass is 10.1. The van der Waals surface area contributed by atoms with Crippen molar-refractivity contribution in [3.05, 3.63) is 24.2 Å². The van der Waals surface area contributed by atoms with Crippen LogP contribution >= 0.6 is 0 Å². The van der Waals surface area contributed by atoms with Gasteiger partial charge in [-0.3, -0.25) is 4.99 Å². The van der Waals surface area contributed by atoms with Crippen molar-refractivity contribution in [3.8, 4) is 0 Å². The first-order valence-corrected chi connectivity index (χ1v) is 8.90. The summed E-state index contributed by atoms with van der Waals surface area (Å²) in [6, 6.07) is 3.92. The third-order valence-corrected chi connectivity index (χ3v) is 3.99. The van der Waals surface area contributed by atoms with Gasteiger partial charge in [0.1, 0.15) is 5.76 Å². The van der Waals surface area contributed by atoms with Gasteiger partial charge in [0.05, 0.1) is 18.9 Å². The smallest absolute Gasteiger partial charge is 0.191 e. The van der Waals surface area contributed by atoms with E-state index in [2.05, 4.69) is 24.5 Å². The Kier molecular flexibility index (Phi) is 8.01. The molecule has 0 spiro atoms. The van der Waals surface area contributed by atoms with Crippen molar-refractivity contribution in [2.75, 3.05) is 26.2 Å². The molecule has 5 heteroatoms. The lowest BCUT2D eigenvalue weighted by Gasteiger charge is -2.21. The normalized spacial score (nSPS) is 19.1. The number of aliphatic imine (C=N–C) groups is 1. The van der Waals surface area contributed by atoms with Gasteiger partial charge in [0.25, 0.3) is 0 Å². The van der Waals surface area contributed by atoms with Crippen molar-refractivity contribution in [3.63, 3.8) is 0 Å². The first-order chi connectivity index (χ1) is 11.2. The zero-order valence-corrected chi connectivity index (χ0v) is 14.5. The predicted octanol–water partition coefficient (Wildman–Crippen LogP) is 2.97. The van der Waals surface area contributed by atoms with Crippen LogP contribution in [0.4, 0.5) is 0 Å². The minimum absolute atomic E-state index is 0.275. The molecule has 130 valence electrons. The molecule has 1 unspecified atom stereocenters. The van der Waals surface area contributed by atoms with Crippen LogP contribution in [-0.2, 0) is 11.2 Å². The minimum atomic E-state index is 0.275. The Balaban J connectivity index is 1.77. The second-order valence-corrected chi connectivity index (χ2v) is 6.54. The lowest BCUT2D eigenvalue weighted by molar-refractivity contribution is 0.0224. The maximum absolute atomic E-state index is 5.76. The molecule has 0 aromatic carbocycles. The van der Waals surface area contributed by atoms with Crippen LogP contribution in [0.2, 0.25) is 0 Å². The van der Waals surface area contributed by atoms with E-state index in [1.54, 1.807) is 6.26 Å². The van der Waals surface area contributed by atoms with Crippen LogP contribution in [0.15, 0.2) is 27.8 Å². The second kappa shape index (κ2) is 10.3. The fraction of sp³-hybridized carbons (Fsp3) is 0.722. The molecule has 5 nitrogen and oxygen atoms in total. The van der Waals surface area contributed by atoms with E-state index in [0.29, 0.717) is 5.92 Å². The maximum Gasteiger partial charge on any atom is 0.191 e. The number of hydrogen-bond acceptors (Lipinski definition) is 3. The SMILES string of the molecule is CC(C)CCNC(=NCC1CCCCO1)NCCc1ccco1. The number of rotatable bonds is 8. The Morgan fingerprint density at radius 1 is 1.30 bits per heavy atom. The molecule has 0 saturated carbocycles. The van der Waals surface area contributed by atoms with Gasteiger partial charge in [0.2, 0.25) is 0 Å². The lowest BCUT2D eigenvalue weighted by Crippen LogP contribution is -2.40. The van der Waals surface area contributed by atoms with Crippen LogP contribution in [0.3, 0.4) is 0 Å². The molecule has 1 aromatic rings. The summed E-state index contributed by atoms with van der Waals surface area (Å²) in [6.07, 6.45) is 7.54. The van der Waals surface area contributed by atoms with Crippen LogP contribution < -0.4 is 10.6 Å². The molecule has 0 radical (unpaired) electrons. The quantitative estimate of drug-likeness (QED) is 0.571. The fourth-order valence-electron chi connectivity index (χ4n) is 2.56. The molecule has 1 aromatic heterocycles. The summed E-state index contributed by atoms with van der Waals surface area (Å²) < 4.78 is 11.1. The van der Waals surface area contributed by atoms with Crippen LogP contribution in [-0.4, -0.2) is 38.3 Å². The van der Waals surface area contributed by atoms with Gasteiger partial charge in [-0.2, -0.15) is 0 Å². The summed E-state index contributed by atoms with van der Waals surface area (Å²) in [4.78, 5) is 4.70. The van der Waals surface area contributed by atoms with Crippen molar-refractivity contribution < 1.29 is 9.15 Å². The summed E-state index contributed by atoms with van der Waals surface area (Å²) in [6.45, 7) is 7.83. The Bertz CT molecular complexity index is 437. The van der Waals surface area contributed by atoms with Crippen LogP contribution in [0, 0.1) is 5.92 Å². The monoisotopic (exact) mass is 321 g/mol. The average Bonchev–Trinajstić information content (AvgIpc) is 3.06. The molecule has 2 N–H and O–H groups in total. The molecule has 0 aliphatic carbocycles. The molecule has 1 fully saturated rings. The zero-order valence-electron chi connectivity index (χ0n) is 14.5. The largest absolute Gasteiger partial charge is 0.469 e. The molecule has 1 aliphatic rings. The van der Waals surface area contributed by atoms with E-state index in [4.69, 9.17) is 14.1 Å². The topological polar surface area (TPSA) is 58.8 Å². The summed E-state index contributed by atoms with van der Waals surface area (Å²) in [5, 5.41) is 6.82. The minimum Gasteiger partial charge on any atom is -0.469 e. The van der Waals surface area contributed by atoms with Gasteiger partial charge in [0.15, 0.2) is 5.96 Å². The summed E-state index contributed by atoms with van der Waals surface area (Å²) in [7, 11) is 0. The zero-order chi connectivity index (χ0) is 16.3. The van der Waals surface area contributed by atoms with Gasteiger partial charge in [-0.15, -0.1) is 0 Å². The highest BCUT2D eigenvalue weighted by atomic mass is 16.5. The molecule has 0 amide bonds. The van der Waals surface area contributed by atoms with E-state index < -0.39 is 0 Å². The molecule has 1 aliphatic heterocycles. The molecule has 1 atom stereocenters. The molecular weight excluding hydrogens is 290 g/mol. The highest BCUT2D eigenvalue weighted by molar-refractivity contribution is 5.79. The van der Waals surface area contributed by atoms with E-state index in [1.807, 2.05) is 12.1 Å². The van der Waals surface area contributed by atoms with Crippen molar-refractivity contribution in [1.82, 2.24) is 10.6 Å². The molecule has 0 bridgehead atoms. The van der Waals surface area contributed by atoms with Crippen LogP contribution in [0.5, 0.6) is 0 Å². The van der Waals surface area contributed by atoms with E-state index in [-0.39, 0.29) is 6.10 Å². The van der Waals surface area contributed by atoms with Crippen molar-refractivity contribution in [1.29, 1.82) is 0 Å². The fourth-order valence-corrected chi connectivity index (χ4v) is 2.56. The number of nitrogens with zero attached hydrogens (tertiary/aromatic N) is 1. The van der Waals surface area contributed by atoms with E-state index in [0.717, 1.165) is 57.2 Å². The number of furan rings is 1. The van der Waals surface area contributed by atoms with E-state index in [9.17, 15) is 0 Å². The first kappa shape index (κ1) is 17.9. The number of ether oxygens (including phenoxy) is 1. The second-order valence-electron chi connectivity index (χ2n) is 6.54.